The first-order valence-corrected chi connectivity index (χ1v) is 8.56. The Kier molecular flexibility index (Phi) is 6.83. The lowest BCUT2D eigenvalue weighted by atomic mass is 10.2. The van der Waals surface area contributed by atoms with Crippen LogP contribution in [0.25, 0.3) is 6.08 Å². The molecule has 1 amide bonds. The molecule has 0 aliphatic rings. The van der Waals surface area contributed by atoms with Crippen LogP contribution in [-0.2, 0) is 20.9 Å². The zero-order chi connectivity index (χ0) is 19.3. The Labute approximate surface area is 161 Å². The zero-order valence-corrected chi connectivity index (χ0v) is 16.2. The first-order valence-electron chi connectivity index (χ1n) is 7.80. The molecule has 0 aliphatic heterocycles. The molecule has 0 radical (unpaired) electrons. The Hall–Kier alpha value is -2.31. The van der Waals surface area contributed by atoms with Crippen LogP contribution in [0.1, 0.15) is 16.8 Å². The predicted octanol–water partition coefficient (Wildman–Crippen LogP) is 3.19. The normalized spacial score (nSPS) is 11.0. The first-order chi connectivity index (χ1) is 12.3. The summed E-state index contributed by atoms with van der Waals surface area (Å²) < 4.78 is 6.52. The maximum atomic E-state index is 11.7. The van der Waals surface area contributed by atoms with E-state index in [9.17, 15) is 9.59 Å². The summed E-state index contributed by atoms with van der Waals surface area (Å²) in [6.07, 6.45) is 2.76. The summed E-state index contributed by atoms with van der Waals surface area (Å²) >= 11 is 12.3. The number of ether oxygens (including phenoxy) is 1. The summed E-state index contributed by atoms with van der Waals surface area (Å²) in [6.45, 7) is 1.97. The van der Waals surface area contributed by atoms with Crippen molar-refractivity contribution in [2.24, 2.45) is 0 Å². The van der Waals surface area contributed by atoms with Gasteiger partial charge in [0.05, 0.1) is 12.2 Å². The number of carbonyl (C=O) groups is 2. The molecule has 0 spiro atoms. The van der Waals surface area contributed by atoms with Gasteiger partial charge in [-0.3, -0.25) is 4.79 Å². The number of halogens is 2. The number of amides is 1. The van der Waals surface area contributed by atoms with Gasteiger partial charge in [0.25, 0.3) is 5.91 Å². The van der Waals surface area contributed by atoms with Crippen LogP contribution in [0.2, 0.25) is 10.2 Å². The van der Waals surface area contributed by atoms with Crippen molar-refractivity contribution in [1.29, 1.82) is 0 Å². The molecule has 0 atom stereocenters. The molecule has 2 aromatic rings. The molecular formula is C18H19Cl2N3O3. The minimum Gasteiger partial charge on any atom is -0.452 e. The highest BCUT2D eigenvalue weighted by atomic mass is 35.5. The summed E-state index contributed by atoms with van der Waals surface area (Å²) in [5, 5.41) is 5.46. The second kappa shape index (κ2) is 8.87. The van der Waals surface area contributed by atoms with Gasteiger partial charge in [0.1, 0.15) is 5.15 Å². The van der Waals surface area contributed by atoms with Crippen molar-refractivity contribution in [1.82, 2.24) is 14.7 Å². The molecule has 26 heavy (non-hydrogen) atoms. The maximum absolute atomic E-state index is 11.7. The summed E-state index contributed by atoms with van der Waals surface area (Å²) in [5.74, 6) is -0.919. The van der Waals surface area contributed by atoms with Crippen LogP contribution < -0.4 is 0 Å². The summed E-state index contributed by atoms with van der Waals surface area (Å²) in [7, 11) is 3.18. The van der Waals surface area contributed by atoms with E-state index >= 15 is 0 Å². The standard InChI is InChI=1S/C18H19Cl2N3O3/c1-12-15(8-9-17(25)26-11-16(24)22(2)3)18(20)23(21-12)10-13-4-6-14(19)7-5-13/h4-9H,10-11H2,1-3H3/b9-8+. The fourth-order valence-electron chi connectivity index (χ4n) is 2.09. The molecule has 1 aromatic heterocycles. The SMILES string of the molecule is Cc1nn(Cc2ccc(Cl)cc2)c(Cl)c1/C=C/C(=O)OCC(=O)N(C)C. The van der Waals surface area contributed by atoms with E-state index in [4.69, 9.17) is 27.9 Å². The smallest absolute Gasteiger partial charge is 0.331 e. The number of esters is 1. The number of carbonyl (C=O) groups excluding carboxylic acids is 2. The van der Waals surface area contributed by atoms with Gasteiger partial charge in [0.2, 0.25) is 0 Å². The molecule has 138 valence electrons. The summed E-state index contributed by atoms with van der Waals surface area (Å²) in [5.41, 5.74) is 2.30. The predicted molar refractivity (Wildman–Crippen MR) is 101 cm³/mol. The van der Waals surface area contributed by atoms with Crippen LogP contribution >= 0.6 is 23.2 Å². The van der Waals surface area contributed by atoms with Crippen LogP contribution in [0.4, 0.5) is 0 Å². The van der Waals surface area contributed by atoms with E-state index in [0.29, 0.717) is 28.0 Å². The van der Waals surface area contributed by atoms with Crippen LogP contribution in [0, 0.1) is 6.92 Å². The van der Waals surface area contributed by atoms with Gasteiger partial charge in [-0.1, -0.05) is 35.3 Å². The van der Waals surface area contributed by atoms with Gasteiger partial charge in [-0.25, -0.2) is 9.48 Å². The van der Waals surface area contributed by atoms with Crippen molar-refractivity contribution in [3.05, 3.63) is 57.3 Å². The van der Waals surface area contributed by atoms with Crippen molar-refractivity contribution in [3.63, 3.8) is 0 Å². The van der Waals surface area contributed by atoms with Crippen LogP contribution in [-0.4, -0.2) is 47.3 Å². The minimum absolute atomic E-state index is 0.295. The van der Waals surface area contributed by atoms with E-state index < -0.39 is 5.97 Å². The average Bonchev–Trinajstić information content (AvgIpc) is 2.86. The van der Waals surface area contributed by atoms with Gasteiger partial charge in [-0.05, 0) is 30.7 Å². The Balaban J connectivity index is 2.06. The van der Waals surface area contributed by atoms with Crippen molar-refractivity contribution < 1.29 is 14.3 Å². The molecule has 6 nitrogen and oxygen atoms in total. The molecule has 0 aliphatic carbocycles. The number of aromatic nitrogens is 2. The Morgan fingerprint density at radius 3 is 2.50 bits per heavy atom. The fourth-order valence-corrected chi connectivity index (χ4v) is 2.51. The van der Waals surface area contributed by atoms with Gasteiger partial charge in [0.15, 0.2) is 6.61 Å². The molecule has 0 saturated heterocycles. The lowest BCUT2D eigenvalue weighted by molar-refractivity contribution is -0.146. The molecular weight excluding hydrogens is 377 g/mol. The third kappa shape index (κ3) is 5.34. The molecule has 0 unspecified atom stereocenters. The first kappa shape index (κ1) is 20.0. The minimum atomic E-state index is -0.624. The average molecular weight is 396 g/mol. The number of benzene rings is 1. The molecule has 0 bridgehead atoms. The van der Waals surface area contributed by atoms with Crippen LogP contribution in [0.3, 0.4) is 0 Å². The van der Waals surface area contributed by atoms with Gasteiger partial charge >= 0.3 is 5.97 Å². The number of hydrogen-bond donors (Lipinski definition) is 0. The Morgan fingerprint density at radius 2 is 1.88 bits per heavy atom. The Morgan fingerprint density at radius 1 is 1.23 bits per heavy atom. The van der Waals surface area contributed by atoms with Gasteiger partial charge in [0, 0.05) is 30.8 Å². The molecule has 0 saturated carbocycles. The van der Waals surface area contributed by atoms with E-state index in [0.717, 1.165) is 5.56 Å². The highest BCUT2D eigenvalue weighted by Gasteiger charge is 2.12. The number of rotatable bonds is 6. The molecule has 1 heterocycles. The fraction of sp³-hybridized carbons (Fsp3) is 0.278. The lowest BCUT2D eigenvalue weighted by Gasteiger charge is -2.09. The number of hydrogen-bond acceptors (Lipinski definition) is 4. The second-order valence-electron chi connectivity index (χ2n) is 5.80. The van der Waals surface area contributed by atoms with Crippen molar-refractivity contribution >= 4 is 41.2 Å². The van der Waals surface area contributed by atoms with Gasteiger partial charge < -0.3 is 9.64 Å². The topological polar surface area (TPSA) is 64.4 Å². The molecule has 0 N–H and O–H groups in total. The zero-order valence-electron chi connectivity index (χ0n) is 14.7. The molecule has 0 fully saturated rings. The van der Waals surface area contributed by atoms with Crippen molar-refractivity contribution in [2.45, 2.75) is 13.5 Å². The third-order valence-electron chi connectivity index (χ3n) is 3.58. The monoisotopic (exact) mass is 395 g/mol. The molecule has 1 aromatic carbocycles. The third-order valence-corrected chi connectivity index (χ3v) is 4.23. The highest BCUT2D eigenvalue weighted by molar-refractivity contribution is 6.31. The van der Waals surface area contributed by atoms with E-state index in [-0.39, 0.29) is 12.5 Å². The summed E-state index contributed by atoms with van der Waals surface area (Å²) in [4.78, 5) is 24.5. The van der Waals surface area contributed by atoms with Crippen molar-refractivity contribution in [2.75, 3.05) is 20.7 Å². The quantitative estimate of drug-likeness (QED) is 0.556. The van der Waals surface area contributed by atoms with Gasteiger partial charge in [-0.15, -0.1) is 0 Å². The number of likely N-dealkylation sites (N-methyl/N-ethyl adjacent to an activating group) is 1. The summed E-state index contributed by atoms with van der Waals surface area (Å²) in [6, 6.07) is 7.38. The van der Waals surface area contributed by atoms with E-state index in [1.54, 1.807) is 37.8 Å². The van der Waals surface area contributed by atoms with Crippen LogP contribution in [0.5, 0.6) is 0 Å². The second-order valence-corrected chi connectivity index (χ2v) is 6.60. The van der Waals surface area contributed by atoms with E-state index in [2.05, 4.69) is 5.10 Å². The van der Waals surface area contributed by atoms with Crippen molar-refractivity contribution in [3.8, 4) is 0 Å². The van der Waals surface area contributed by atoms with E-state index in [1.807, 2.05) is 12.1 Å². The maximum Gasteiger partial charge on any atom is 0.331 e. The molecule has 2 rings (SSSR count). The molecule has 8 heteroatoms. The van der Waals surface area contributed by atoms with Gasteiger partial charge in [-0.2, -0.15) is 5.10 Å². The number of aryl methyl sites for hydroxylation is 1. The van der Waals surface area contributed by atoms with E-state index in [1.165, 1.54) is 17.1 Å². The number of nitrogens with zero attached hydrogens (tertiary/aromatic N) is 3. The lowest BCUT2D eigenvalue weighted by Crippen LogP contribution is -2.27. The Bertz CT molecular complexity index is 827. The highest BCUT2D eigenvalue weighted by Crippen LogP contribution is 2.22. The van der Waals surface area contributed by atoms with Crippen LogP contribution in [0.15, 0.2) is 30.3 Å². The largest absolute Gasteiger partial charge is 0.452 e.